The summed E-state index contributed by atoms with van der Waals surface area (Å²) in [6.45, 7) is 0.279. The zero-order valence-electron chi connectivity index (χ0n) is 8.14. The summed E-state index contributed by atoms with van der Waals surface area (Å²) in [6, 6.07) is 4.00. The van der Waals surface area contributed by atoms with Crippen molar-refractivity contribution in [3.05, 3.63) is 35.4 Å². The molecule has 0 aromatic heterocycles. The number of halogens is 4. The van der Waals surface area contributed by atoms with Gasteiger partial charge in [-0.3, -0.25) is 4.79 Å². The van der Waals surface area contributed by atoms with Crippen molar-refractivity contribution in [3.63, 3.8) is 0 Å². The molecule has 0 aliphatic rings. The van der Waals surface area contributed by atoms with E-state index in [4.69, 9.17) is 11.6 Å². The predicted molar refractivity (Wildman–Crippen MR) is 54.5 cm³/mol. The van der Waals surface area contributed by atoms with Gasteiger partial charge < -0.3 is 5.32 Å². The quantitative estimate of drug-likeness (QED) is 0.823. The van der Waals surface area contributed by atoms with E-state index >= 15 is 0 Å². The Hall–Kier alpha value is -1.23. The molecule has 1 aromatic rings. The van der Waals surface area contributed by atoms with Gasteiger partial charge in [-0.1, -0.05) is 0 Å². The van der Waals surface area contributed by atoms with Crippen LogP contribution in [-0.2, 0) is 6.18 Å². The molecule has 1 N–H and O–H groups in total. The van der Waals surface area contributed by atoms with E-state index in [2.05, 4.69) is 5.32 Å². The molecule has 16 heavy (non-hydrogen) atoms. The number of amides is 1. The van der Waals surface area contributed by atoms with Crippen LogP contribution in [0.5, 0.6) is 0 Å². The molecule has 6 heteroatoms. The molecule has 1 rings (SSSR count). The summed E-state index contributed by atoms with van der Waals surface area (Å²) in [6.07, 6.45) is -4.38. The Labute approximate surface area is 95.4 Å². The summed E-state index contributed by atoms with van der Waals surface area (Å²) in [5, 5.41) is 2.45. The molecule has 0 spiro atoms. The summed E-state index contributed by atoms with van der Waals surface area (Å²) >= 11 is 5.35. The van der Waals surface area contributed by atoms with E-state index in [-0.39, 0.29) is 18.0 Å². The van der Waals surface area contributed by atoms with Crippen molar-refractivity contribution in [2.75, 3.05) is 12.4 Å². The third kappa shape index (κ3) is 3.41. The van der Waals surface area contributed by atoms with Gasteiger partial charge >= 0.3 is 6.18 Å². The van der Waals surface area contributed by atoms with Gasteiger partial charge in [0.2, 0.25) is 0 Å². The van der Waals surface area contributed by atoms with Crippen molar-refractivity contribution in [1.82, 2.24) is 5.32 Å². The van der Waals surface area contributed by atoms with E-state index in [0.717, 1.165) is 24.3 Å². The molecule has 2 nitrogen and oxygen atoms in total. The highest BCUT2D eigenvalue weighted by atomic mass is 35.5. The van der Waals surface area contributed by atoms with Crippen LogP contribution in [0.25, 0.3) is 0 Å². The van der Waals surface area contributed by atoms with Crippen LogP contribution in [0.3, 0.4) is 0 Å². The number of alkyl halides is 4. The first-order valence-corrected chi connectivity index (χ1v) is 5.00. The minimum atomic E-state index is -4.38. The van der Waals surface area contributed by atoms with Gasteiger partial charge in [-0.25, -0.2) is 0 Å². The molecule has 1 amide bonds. The number of nitrogens with one attached hydrogen (secondary N) is 1. The predicted octanol–water partition coefficient (Wildman–Crippen LogP) is 2.67. The van der Waals surface area contributed by atoms with Crippen molar-refractivity contribution in [1.29, 1.82) is 0 Å². The molecule has 1 aromatic carbocycles. The minimum absolute atomic E-state index is 0.179. The third-order valence-electron chi connectivity index (χ3n) is 1.85. The van der Waals surface area contributed by atoms with Gasteiger partial charge in [0.15, 0.2) is 0 Å². The van der Waals surface area contributed by atoms with E-state index in [1.807, 2.05) is 0 Å². The van der Waals surface area contributed by atoms with Gasteiger partial charge in [-0.05, 0) is 24.3 Å². The highest BCUT2D eigenvalue weighted by Gasteiger charge is 2.30. The van der Waals surface area contributed by atoms with Gasteiger partial charge in [-0.2, -0.15) is 13.2 Å². The molecule has 0 bridgehead atoms. The highest BCUT2D eigenvalue weighted by molar-refractivity contribution is 6.18. The first kappa shape index (κ1) is 12.8. The second-order valence-electron chi connectivity index (χ2n) is 3.02. The molecule has 0 unspecified atom stereocenters. The monoisotopic (exact) mass is 251 g/mol. The molecule has 88 valence electrons. The average Bonchev–Trinajstić information content (AvgIpc) is 2.25. The molecule has 0 aliphatic heterocycles. The number of benzene rings is 1. The molecule has 0 heterocycles. The maximum atomic E-state index is 12.2. The molecule has 0 fully saturated rings. The second kappa shape index (κ2) is 5.21. The number of hydrogen-bond acceptors (Lipinski definition) is 1. The molecule has 0 atom stereocenters. The summed E-state index contributed by atoms with van der Waals surface area (Å²) in [5.41, 5.74) is -0.598. The van der Waals surface area contributed by atoms with Gasteiger partial charge in [-0.15, -0.1) is 11.6 Å². The van der Waals surface area contributed by atoms with Crippen molar-refractivity contribution in [2.24, 2.45) is 0 Å². The highest BCUT2D eigenvalue weighted by Crippen LogP contribution is 2.28. The maximum Gasteiger partial charge on any atom is 0.416 e. The van der Waals surface area contributed by atoms with Crippen molar-refractivity contribution in [2.45, 2.75) is 6.18 Å². The summed E-state index contributed by atoms with van der Waals surface area (Å²) in [5.74, 6) is -0.179. The number of rotatable bonds is 3. The fourth-order valence-corrected chi connectivity index (χ4v) is 1.17. The second-order valence-corrected chi connectivity index (χ2v) is 3.40. The summed E-state index contributed by atoms with van der Waals surface area (Å²) in [7, 11) is 0. The van der Waals surface area contributed by atoms with Crippen LogP contribution >= 0.6 is 11.6 Å². The molecule has 0 radical (unpaired) electrons. The number of carbonyl (C=O) groups excluding carboxylic acids is 1. The molecule has 0 saturated carbocycles. The summed E-state index contributed by atoms with van der Waals surface area (Å²) < 4.78 is 36.6. The van der Waals surface area contributed by atoms with Crippen molar-refractivity contribution in [3.8, 4) is 0 Å². The van der Waals surface area contributed by atoms with Crippen LogP contribution in [0.2, 0.25) is 0 Å². The molecule has 0 saturated heterocycles. The lowest BCUT2D eigenvalue weighted by Crippen LogP contribution is -2.25. The van der Waals surface area contributed by atoms with Crippen molar-refractivity contribution < 1.29 is 18.0 Å². The van der Waals surface area contributed by atoms with Gasteiger partial charge in [0.1, 0.15) is 0 Å². The van der Waals surface area contributed by atoms with Crippen LogP contribution < -0.4 is 5.32 Å². The largest absolute Gasteiger partial charge is 0.416 e. The van der Waals surface area contributed by atoms with E-state index in [1.165, 1.54) is 0 Å². The van der Waals surface area contributed by atoms with Crippen LogP contribution in [0.4, 0.5) is 13.2 Å². The zero-order chi connectivity index (χ0) is 12.2. The standard InChI is InChI=1S/C10H9ClF3NO/c11-5-6-15-9(16)7-1-3-8(4-2-7)10(12,13)14/h1-4H,5-6H2,(H,15,16). The Morgan fingerprint density at radius 3 is 2.25 bits per heavy atom. The van der Waals surface area contributed by atoms with E-state index in [1.54, 1.807) is 0 Å². The Morgan fingerprint density at radius 2 is 1.81 bits per heavy atom. The lowest BCUT2D eigenvalue weighted by atomic mass is 10.1. The molecular formula is C10H9ClF3NO. The van der Waals surface area contributed by atoms with Crippen LogP contribution in [-0.4, -0.2) is 18.3 Å². The Morgan fingerprint density at radius 1 is 1.25 bits per heavy atom. The number of carbonyl (C=O) groups is 1. The van der Waals surface area contributed by atoms with Crippen molar-refractivity contribution >= 4 is 17.5 Å². The number of hydrogen-bond donors (Lipinski definition) is 1. The lowest BCUT2D eigenvalue weighted by molar-refractivity contribution is -0.137. The normalized spacial score (nSPS) is 11.2. The first-order chi connectivity index (χ1) is 7.45. The van der Waals surface area contributed by atoms with Gasteiger partial charge in [0.25, 0.3) is 5.91 Å². The fraction of sp³-hybridized carbons (Fsp3) is 0.300. The Balaban J connectivity index is 2.75. The average molecular weight is 252 g/mol. The first-order valence-electron chi connectivity index (χ1n) is 4.46. The summed E-state index contributed by atoms with van der Waals surface area (Å²) in [4.78, 5) is 11.3. The van der Waals surface area contributed by atoms with Crippen LogP contribution in [0.15, 0.2) is 24.3 Å². The van der Waals surface area contributed by atoms with Gasteiger partial charge in [0.05, 0.1) is 5.56 Å². The van der Waals surface area contributed by atoms with E-state index < -0.39 is 17.6 Å². The molecular weight excluding hydrogens is 243 g/mol. The minimum Gasteiger partial charge on any atom is -0.351 e. The Kier molecular flexibility index (Phi) is 4.18. The smallest absolute Gasteiger partial charge is 0.351 e. The van der Waals surface area contributed by atoms with E-state index in [9.17, 15) is 18.0 Å². The van der Waals surface area contributed by atoms with Crippen LogP contribution in [0.1, 0.15) is 15.9 Å². The maximum absolute atomic E-state index is 12.2. The third-order valence-corrected chi connectivity index (χ3v) is 2.04. The molecule has 0 aliphatic carbocycles. The fourth-order valence-electron chi connectivity index (χ4n) is 1.07. The van der Waals surface area contributed by atoms with Crippen LogP contribution in [0, 0.1) is 0 Å². The SMILES string of the molecule is O=C(NCCCl)c1ccc(C(F)(F)F)cc1. The zero-order valence-corrected chi connectivity index (χ0v) is 8.90. The lowest BCUT2D eigenvalue weighted by Gasteiger charge is -2.07. The topological polar surface area (TPSA) is 29.1 Å². The van der Waals surface area contributed by atoms with E-state index in [0.29, 0.717) is 0 Å². The van der Waals surface area contributed by atoms with Gasteiger partial charge in [0, 0.05) is 18.0 Å². The Bertz CT molecular complexity index is 361.